The van der Waals surface area contributed by atoms with E-state index in [2.05, 4.69) is 0 Å². The predicted octanol–water partition coefficient (Wildman–Crippen LogP) is 2.03. The highest BCUT2D eigenvalue weighted by Crippen LogP contribution is 2.22. The third kappa shape index (κ3) is 3.96. The average molecular weight is 264 g/mol. The number of nitrogens with zero attached hydrogens (tertiary/aromatic N) is 1. The zero-order valence-corrected chi connectivity index (χ0v) is 12.4. The Morgan fingerprint density at radius 1 is 1.37 bits per heavy atom. The molecule has 0 aliphatic heterocycles. The monoisotopic (exact) mass is 264 g/mol. The lowest BCUT2D eigenvalue weighted by Gasteiger charge is -2.30. The number of hydrogen-bond acceptors (Lipinski definition) is 3. The van der Waals surface area contributed by atoms with E-state index in [-0.39, 0.29) is 11.3 Å². The molecule has 0 fully saturated rings. The summed E-state index contributed by atoms with van der Waals surface area (Å²) in [5.41, 5.74) is 6.73. The standard InChI is InChI=1S/C15H24N2O2/c1-15(2,3)13(16)14(18)17(4)10-11-8-6-7-9-12(11)19-5/h6-9,13H,10,16H2,1-5H3/t13-/m0/s1. The SMILES string of the molecule is COc1ccccc1CN(C)C(=O)[C@H](N)C(C)(C)C. The normalized spacial score (nSPS) is 12.9. The minimum atomic E-state index is -0.507. The molecule has 1 aromatic rings. The molecule has 0 aromatic heterocycles. The van der Waals surface area contributed by atoms with Crippen LogP contribution in [0.15, 0.2) is 24.3 Å². The molecule has 1 atom stereocenters. The molecular weight excluding hydrogens is 240 g/mol. The summed E-state index contributed by atoms with van der Waals surface area (Å²) < 4.78 is 5.28. The van der Waals surface area contributed by atoms with E-state index in [4.69, 9.17) is 10.5 Å². The molecule has 4 nitrogen and oxygen atoms in total. The van der Waals surface area contributed by atoms with Crippen LogP contribution in [0.1, 0.15) is 26.3 Å². The summed E-state index contributed by atoms with van der Waals surface area (Å²) >= 11 is 0. The number of likely N-dealkylation sites (N-methyl/N-ethyl adjacent to an activating group) is 1. The lowest BCUT2D eigenvalue weighted by Crippen LogP contribution is -2.48. The second-order valence-electron chi connectivity index (χ2n) is 5.85. The Hall–Kier alpha value is -1.55. The quantitative estimate of drug-likeness (QED) is 0.905. The number of hydrogen-bond donors (Lipinski definition) is 1. The maximum Gasteiger partial charge on any atom is 0.240 e. The first-order valence-electron chi connectivity index (χ1n) is 6.40. The van der Waals surface area contributed by atoms with E-state index in [0.29, 0.717) is 6.54 Å². The van der Waals surface area contributed by atoms with Crippen LogP contribution in [0.2, 0.25) is 0 Å². The second-order valence-corrected chi connectivity index (χ2v) is 5.85. The van der Waals surface area contributed by atoms with Crippen molar-refractivity contribution in [2.45, 2.75) is 33.4 Å². The van der Waals surface area contributed by atoms with Gasteiger partial charge in [0.05, 0.1) is 13.2 Å². The highest BCUT2D eigenvalue weighted by Gasteiger charge is 2.29. The van der Waals surface area contributed by atoms with Gasteiger partial charge in [0.2, 0.25) is 5.91 Å². The van der Waals surface area contributed by atoms with Gasteiger partial charge in [0, 0.05) is 19.2 Å². The van der Waals surface area contributed by atoms with Crippen LogP contribution < -0.4 is 10.5 Å². The first-order chi connectivity index (χ1) is 8.77. The predicted molar refractivity (Wildman–Crippen MR) is 76.9 cm³/mol. The van der Waals surface area contributed by atoms with Gasteiger partial charge in [0.25, 0.3) is 0 Å². The van der Waals surface area contributed by atoms with Gasteiger partial charge in [0.1, 0.15) is 5.75 Å². The maximum absolute atomic E-state index is 12.3. The number of carbonyl (C=O) groups excluding carboxylic acids is 1. The first kappa shape index (κ1) is 15.5. The molecule has 106 valence electrons. The minimum absolute atomic E-state index is 0.0570. The van der Waals surface area contributed by atoms with Gasteiger partial charge >= 0.3 is 0 Å². The van der Waals surface area contributed by atoms with Crippen LogP contribution in [-0.4, -0.2) is 31.0 Å². The fraction of sp³-hybridized carbons (Fsp3) is 0.533. The topological polar surface area (TPSA) is 55.6 Å². The molecule has 1 aromatic carbocycles. The lowest BCUT2D eigenvalue weighted by atomic mass is 9.86. The van der Waals surface area contributed by atoms with Gasteiger partial charge in [-0.2, -0.15) is 0 Å². The largest absolute Gasteiger partial charge is 0.496 e. The number of amides is 1. The maximum atomic E-state index is 12.3. The van der Waals surface area contributed by atoms with Crippen LogP contribution in [0.3, 0.4) is 0 Å². The molecular formula is C15H24N2O2. The number of rotatable bonds is 4. The molecule has 2 N–H and O–H groups in total. The average Bonchev–Trinajstić information content (AvgIpc) is 2.36. The van der Waals surface area contributed by atoms with Crippen molar-refractivity contribution in [1.82, 2.24) is 4.90 Å². The van der Waals surface area contributed by atoms with Crippen molar-refractivity contribution in [1.29, 1.82) is 0 Å². The van der Waals surface area contributed by atoms with Crippen LogP contribution in [0, 0.1) is 5.41 Å². The molecule has 0 unspecified atom stereocenters. The zero-order valence-electron chi connectivity index (χ0n) is 12.4. The van der Waals surface area contributed by atoms with Crippen molar-refractivity contribution < 1.29 is 9.53 Å². The summed E-state index contributed by atoms with van der Waals surface area (Å²) in [5, 5.41) is 0. The van der Waals surface area contributed by atoms with Gasteiger partial charge in [-0.25, -0.2) is 0 Å². The Balaban J connectivity index is 2.80. The van der Waals surface area contributed by atoms with Gasteiger partial charge in [-0.1, -0.05) is 39.0 Å². The molecule has 1 rings (SSSR count). The highest BCUT2D eigenvalue weighted by atomic mass is 16.5. The van der Waals surface area contributed by atoms with E-state index in [1.165, 1.54) is 0 Å². The molecule has 0 radical (unpaired) electrons. The van der Waals surface area contributed by atoms with Crippen LogP contribution in [-0.2, 0) is 11.3 Å². The molecule has 0 aliphatic carbocycles. The fourth-order valence-electron chi connectivity index (χ4n) is 1.77. The third-order valence-corrected chi connectivity index (χ3v) is 3.18. The van der Waals surface area contributed by atoms with Gasteiger partial charge in [-0.3, -0.25) is 4.79 Å². The molecule has 0 saturated carbocycles. The van der Waals surface area contributed by atoms with Gasteiger partial charge in [0.15, 0.2) is 0 Å². The summed E-state index contributed by atoms with van der Waals surface area (Å²) in [6.07, 6.45) is 0. The molecule has 0 spiro atoms. The van der Waals surface area contributed by atoms with Gasteiger partial charge in [-0.05, 0) is 11.5 Å². The summed E-state index contributed by atoms with van der Waals surface area (Å²) in [7, 11) is 3.39. The Bertz CT molecular complexity index is 438. The summed E-state index contributed by atoms with van der Waals surface area (Å²) in [6, 6.07) is 7.17. The Labute approximate surface area is 115 Å². The molecule has 0 bridgehead atoms. The van der Waals surface area contributed by atoms with Crippen molar-refractivity contribution in [3.8, 4) is 5.75 Å². The molecule has 0 saturated heterocycles. The second kappa shape index (κ2) is 6.06. The lowest BCUT2D eigenvalue weighted by molar-refractivity contribution is -0.134. The molecule has 1 amide bonds. The van der Waals surface area contributed by atoms with Crippen molar-refractivity contribution in [2.75, 3.05) is 14.2 Å². The van der Waals surface area contributed by atoms with Crippen molar-refractivity contribution in [3.05, 3.63) is 29.8 Å². The van der Waals surface area contributed by atoms with E-state index in [0.717, 1.165) is 11.3 Å². The van der Waals surface area contributed by atoms with E-state index in [9.17, 15) is 4.79 Å². The Morgan fingerprint density at radius 3 is 2.47 bits per heavy atom. The number of methoxy groups -OCH3 is 1. The zero-order chi connectivity index (χ0) is 14.6. The van der Waals surface area contributed by atoms with E-state index in [1.807, 2.05) is 45.0 Å². The summed E-state index contributed by atoms with van der Waals surface area (Å²) in [5.74, 6) is 0.727. The van der Waals surface area contributed by atoms with Crippen LogP contribution >= 0.6 is 0 Å². The Kier molecular flexibility index (Phi) is 4.95. The molecule has 19 heavy (non-hydrogen) atoms. The number of carbonyl (C=O) groups is 1. The number of para-hydroxylation sites is 1. The molecule has 0 aliphatic rings. The van der Waals surface area contributed by atoms with Gasteiger partial charge < -0.3 is 15.4 Å². The third-order valence-electron chi connectivity index (χ3n) is 3.18. The van der Waals surface area contributed by atoms with E-state index >= 15 is 0 Å². The fourth-order valence-corrected chi connectivity index (χ4v) is 1.77. The first-order valence-corrected chi connectivity index (χ1v) is 6.40. The highest BCUT2D eigenvalue weighted by molar-refractivity contribution is 5.82. The number of nitrogens with two attached hydrogens (primary N) is 1. The van der Waals surface area contributed by atoms with Gasteiger partial charge in [-0.15, -0.1) is 0 Å². The minimum Gasteiger partial charge on any atom is -0.496 e. The molecule has 4 heteroatoms. The van der Waals surface area contributed by atoms with Crippen molar-refractivity contribution >= 4 is 5.91 Å². The van der Waals surface area contributed by atoms with E-state index < -0.39 is 6.04 Å². The molecule has 0 heterocycles. The smallest absolute Gasteiger partial charge is 0.240 e. The Morgan fingerprint density at radius 2 is 1.95 bits per heavy atom. The van der Waals surface area contributed by atoms with Crippen molar-refractivity contribution in [2.24, 2.45) is 11.1 Å². The van der Waals surface area contributed by atoms with Crippen LogP contribution in [0.25, 0.3) is 0 Å². The number of ether oxygens (including phenoxy) is 1. The van der Waals surface area contributed by atoms with E-state index in [1.54, 1.807) is 19.1 Å². The summed E-state index contributed by atoms with van der Waals surface area (Å²) in [4.78, 5) is 13.9. The summed E-state index contributed by atoms with van der Waals surface area (Å²) in [6.45, 7) is 6.39. The van der Waals surface area contributed by atoms with Crippen molar-refractivity contribution in [3.63, 3.8) is 0 Å². The van der Waals surface area contributed by atoms with Crippen LogP contribution in [0.5, 0.6) is 5.75 Å². The number of benzene rings is 1. The van der Waals surface area contributed by atoms with Crippen LogP contribution in [0.4, 0.5) is 0 Å².